The zero-order valence-electron chi connectivity index (χ0n) is 21.5. The molecule has 1 aromatic carbocycles. The van der Waals surface area contributed by atoms with Gasteiger partial charge in [0, 0.05) is 39.0 Å². The van der Waals surface area contributed by atoms with Gasteiger partial charge >= 0.3 is 0 Å². The van der Waals surface area contributed by atoms with Crippen LogP contribution in [0.4, 0.5) is 5.69 Å². The highest BCUT2D eigenvalue weighted by atomic mass is 16.7. The van der Waals surface area contributed by atoms with Crippen LogP contribution in [-0.2, 0) is 14.3 Å². The molecule has 3 fully saturated rings. The lowest BCUT2D eigenvalue weighted by molar-refractivity contribution is -0.130. The molecule has 0 bridgehead atoms. The summed E-state index contributed by atoms with van der Waals surface area (Å²) in [5.41, 5.74) is 0.916. The third-order valence-electron chi connectivity index (χ3n) is 7.64. The van der Waals surface area contributed by atoms with Crippen LogP contribution < -0.4 is 14.4 Å². The zero-order valence-corrected chi connectivity index (χ0v) is 19.5. The summed E-state index contributed by atoms with van der Waals surface area (Å²) in [6.45, 7) is 4.61. The number of ketones is 1. The summed E-state index contributed by atoms with van der Waals surface area (Å²) in [6.07, 6.45) is 7.19. The average Bonchev–Trinajstić information content (AvgIpc) is 3.18. The van der Waals surface area contributed by atoms with E-state index in [2.05, 4.69) is 9.80 Å². The molecular formula is C26H38N2O5. The molecule has 7 heteroatoms. The number of piperazine rings is 1. The van der Waals surface area contributed by atoms with E-state index in [9.17, 15) is 4.79 Å². The van der Waals surface area contributed by atoms with Crippen LogP contribution in [-0.4, -0.2) is 76.1 Å². The van der Waals surface area contributed by atoms with Gasteiger partial charge in [0.1, 0.15) is 8.52 Å². The normalized spacial score (nSPS) is 30.5. The van der Waals surface area contributed by atoms with Crippen LogP contribution in [0.3, 0.4) is 0 Å². The van der Waals surface area contributed by atoms with Crippen molar-refractivity contribution >= 4 is 11.5 Å². The Morgan fingerprint density at radius 2 is 1.82 bits per heavy atom. The quantitative estimate of drug-likeness (QED) is 0.588. The summed E-state index contributed by atoms with van der Waals surface area (Å²) in [5, 5.41) is 0. The second-order valence-corrected chi connectivity index (χ2v) is 9.91. The van der Waals surface area contributed by atoms with Crippen molar-refractivity contribution in [3.8, 4) is 11.5 Å². The smallest absolute Gasteiger partial charge is 0.231 e. The second-order valence-electron chi connectivity index (χ2n) is 9.91. The molecule has 1 atom stereocenters. The van der Waals surface area contributed by atoms with Gasteiger partial charge in [-0.15, -0.1) is 0 Å². The molecule has 1 saturated carbocycles. The van der Waals surface area contributed by atoms with Crippen molar-refractivity contribution in [2.75, 3.05) is 64.2 Å². The minimum Gasteiger partial charge on any atom is -0.454 e. The summed E-state index contributed by atoms with van der Waals surface area (Å²) in [4.78, 5) is 17.2. The van der Waals surface area contributed by atoms with E-state index in [4.69, 9.17) is 21.7 Å². The van der Waals surface area contributed by atoms with Crippen LogP contribution in [0.15, 0.2) is 18.2 Å². The van der Waals surface area contributed by atoms with Gasteiger partial charge in [-0.1, -0.05) is 18.9 Å². The van der Waals surface area contributed by atoms with E-state index in [0.717, 1.165) is 44.3 Å². The topological polar surface area (TPSA) is 60.5 Å². The van der Waals surface area contributed by atoms with E-state index in [0.29, 0.717) is 55.9 Å². The first kappa shape index (κ1) is 20.5. The fourth-order valence-electron chi connectivity index (χ4n) is 5.66. The fraction of sp³-hybridized carbons (Fsp3) is 0.731. The SMILES string of the molecule is [2H]C1([2H])Oc2cccc(N3CCN(CCC4CCC(CC(=O)C[C@H]5COCCO5)CC4)CC3)c2O1. The van der Waals surface area contributed by atoms with Crippen molar-refractivity contribution in [3.05, 3.63) is 18.2 Å². The van der Waals surface area contributed by atoms with Gasteiger partial charge in [-0.25, -0.2) is 0 Å². The molecule has 7 nitrogen and oxygen atoms in total. The van der Waals surface area contributed by atoms with Crippen molar-refractivity contribution in [3.63, 3.8) is 0 Å². The highest BCUT2D eigenvalue weighted by Crippen LogP contribution is 2.41. The highest BCUT2D eigenvalue weighted by molar-refractivity contribution is 5.79. The first-order valence-corrected chi connectivity index (χ1v) is 12.6. The number of hydrogen-bond donors (Lipinski definition) is 0. The highest BCUT2D eigenvalue weighted by Gasteiger charge is 2.27. The van der Waals surface area contributed by atoms with Gasteiger partial charge in [0.05, 0.1) is 31.6 Å². The van der Waals surface area contributed by atoms with E-state index in [-0.39, 0.29) is 6.10 Å². The zero-order chi connectivity index (χ0) is 24.3. The molecule has 3 aliphatic heterocycles. The van der Waals surface area contributed by atoms with Crippen molar-refractivity contribution in [1.29, 1.82) is 0 Å². The first-order valence-electron chi connectivity index (χ1n) is 13.6. The van der Waals surface area contributed by atoms with E-state index in [1.54, 1.807) is 6.07 Å². The second kappa shape index (κ2) is 11.1. The fourth-order valence-corrected chi connectivity index (χ4v) is 5.66. The number of Topliss-reactive ketones (excluding diaryl/α,β-unsaturated/α-hetero) is 1. The van der Waals surface area contributed by atoms with Gasteiger partial charge in [0.15, 0.2) is 11.5 Å². The summed E-state index contributed by atoms with van der Waals surface area (Å²) < 4.78 is 37.2. The molecule has 1 aromatic rings. The first-order chi connectivity index (χ1) is 16.9. The molecule has 33 heavy (non-hydrogen) atoms. The predicted molar refractivity (Wildman–Crippen MR) is 126 cm³/mol. The Bertz CT molecular complexity index is 863. The van der Waals surface area contributed by atoms with Gasteiger partial charge in [-0.2, -0.15) is 0 Å². The van der Waals surface area contributed by atoms with E-state index >= 15 is 0 Å². The molecule has 0 N–H and O–H groups in total. The van der Waals surface area contributed by atoms with Crippen LogP contribution in [0.1, 0.15) is 47.7 Å². The Morgan fingerprint density at radius 1 is 1.00 bits per heavy atom. The summed E-state index contributed by atoms with van der Waals surface area (Å²) in [5.74, 6) is 2.62. The molecule has 0 unspecified atom stereocenters. The monoisotopic (exact) mass is 460 g/mol. The lowest BCUT2D eigenvalue weighted by Gasteiger charge is -2.37. The Kier molecular flexibility index (Phi) is 6.88. The Balaban J connectivity index is 0.995. The van der Waals surface area contributed by atoms with Gasteiger partial charge in [0.2, 0.25) is 6.75 Å². The largest absolute Gasteiger partial charge is 0.454 e. The number of fused-ring (bicyclic) bond motifs is 1. The molecule has 2 saturated heterocycles. The van der Waals surface area contributed by atoms with Gasteiger partial charge < -0.3 is 23.8 Å². The molecular weight excluding hydrogens is 420 g/mol. The molecule has 1 aliphatic carbocycles. The summed E-state index contributed by atoms with van der Waals surface area (Å²) in [6, 6.07) is 5.64. The maximum atomic E-state index is 12.4. The van der Waals surface area contributed by atoms with Crippen LogP contribution in [0.2, 0.25) is 0 Å². The minimum atomic E-state index is -2.09. The number of anilines is 1. The number of nitrogens with zero attached hydrogens (tertiary/aromatic N) is 2. The standard InChI is InChI=1S/C26H38N2O5/c29-22(17-23-18-30-14-15-31-23)16-21-6-4-20(5-7-21)8-9-27-10-12-28(13-11-27)24-2-1-3-25-26(24)33-19-32-25/h1-3,20-21,23H,4-19H2/t20?,21?,23-/m0/s1/i19D2. The molecule has 5 rings (SSSR count). The number of hydrogen-bond acceptors (Lipinski definition) is 7. The van der Waals surface area contributed by atoms with Gasteiger partial charge in [-0.05, 0) is 49.8 Å². The third-order valence-corrected chi connectivity index (χ3v) is 7.64. The minimum absolute atomic E-state index is 0.0411. The van der Waals surface area contributed by atoms with E-state index in [1.165, 1.54) is 32.1 Å². The van der Waals surface area contributed by atoms with Crippen LogP contribution >= 0.6 is 0 Å². The van der Waals surface area contributed by atoms with Crippen molar-refractivity contribution in [1.82, 2.24) is 4.90 Å². The number of benzene rings is 1. The predicted octanol–water partition coefficient (Wildman–Crippen LogP) is 3.50. The molecule has 0 radical (unpaired) electrons. The molecule has 4 aliphatic rings. The maximum absolute atomic E-state index is 12.4. The lowest BCUT2D eigenvalue weighted by atomic mass is 9.78. The van der Waals surface area contributed by atoms with Crippen LogP contribution in [0, 0.1) is 11.8 Å². The van der Waals surface area contributed by atoms with Gasteiger partial charge in [0.25, 0.3) is 0 Å². The average molecular weight is 461 g/mol. The summed E-state index contributed by atoms with van der Waals surface area (Å²) >= 11 is 0. The lowest BCUT2D eigenvalue weighted by Crippen LogP contribution is -2.47. The molecule has 3 heterocycles. The number of ether oxygens (including phenoxy) is 4. The molecule has 182 valence electrons. The van der Waals surface area contributed by atoms with Crippen LogP contribution in [0.25, 0.3) is 0 Å². The van der Waals surface area contributed by atoms with Gasteiger partial charge in [-0.3, -0.25) is 9.69 Å². The van der Waals surface area contributed by atoms with Crippen molar-refractivity contribution in [2.24, 2.45) is 11.8 Å². The third kappa shape index (κ3) is 6.00. The number of rotatable bonds is 8. The van der Waals surface area contributed by atoms with E-state index < -0.39 is 6.75 Å². The Labute approximate surface area is 200 Å². The number of carbonyl (C=O) groups is 1. The van der Waals surface area contributed by atoms with Crippen LogP contribution in [0.5, 0.6) is 11.5 Å². The number of para-hydroxylation sites is 1. The summed E-state index contributed by atoms with van der Waals surface area (Å²) in [7, 11) is 0. The molecule has 0 amide bonds. The Hall–Kier alpha value is -1.83. The Morgan fingerprint density at radius 3 is 2.61 bits per heavy atom. The molecule has 0 aromatic heterocycles. The van der Waals surface area contributed by atoms with Crippen molar-refractivity contribution < 1.29 is 26.5 Å². The van der Waals surface area contributed by atoms with E-state index in [1.807, 2.05) is 12.1 Å². The van der Waals surface area contributed by atoms with Crippen molar-refractivity contribution in [2.45, 2.75) is 51.0 Å². The number of carbonyl (C=O) groups excluding carboxylic acids is 1. The molecule has 0 spiro atoms. The maximum Gasteiger partial charge on any atom is 0.231 e.